The lowest BCUT2D eigenvalue weighted by molar-refractivity contribution is -0.130. The summed E-state index contributed by atoms with van der Waals surface area (Å²) in [4.78, 5) is 47.9. The van der Waals surface area contributed by atoms with Crippen LogP contribution in [-0.2, 0) is 14.3 Å². The fraction of sp³-hybridized carbons (Fsp3) is 0.333. The Bertz CT molecular complexity index is 711. The molecule has 2 rings (SSSR count). The molecule has 1 aliphatic rings. The van der Waals surface area contributed by atoms with Crippen LogP contribution in [0.25, 0.3) is 0 Å². The van der Waals surface area contributed by atoms with Gasteiger partial charge in [-0.1, -0.05) is 23.4 Å². The number of hydrogen-bond donors (Lipinski definition) is 2. The van der Waals surface area contributed by atoms with Crippen molar-refractivity contribution >= 4 is 52.1 Å². The molecule has 0 radical (unpaired) electrons. The zero-order valence-electron chi connectivity index (χ0n) is 13.3. The number of halogens is 1. The molecule has 10 heteroatoms. The average molecular weight is 386 g/mol. The zero-order valence-corrected chi connectivity index (χ0v) is 14.9. The molecule has 1 saturated heterocycles. The topological polar surface area (TPSA) is 119 Å². The Balaban J connectivity index is 1.82. The summed E-state index contributed by atoms with van der Waals surface area (Å²) in [5.74, 6) is -1.48. The van der Waals surface area contributed by atoms with E-state index in [2.05, 4.69) is 5.32 Å². The van der Waals surface area contributed by atoms with Gasteiger partial charge in [0.05, 0.1) is 11.3 Å². The number of imide groups is 1. The molecule has 0 bridgehead atoms. The highest BCUT2D eigenvalue weighted by molar-refractivity contribution is 8.14. The summed E-state index contributed by atoms with van der Waals surface area (Å²) < 4.78 is 5.06. The molecule has 3 amide bonds. The molecule has 1 heterocycles. The number of nitrogen functional groups attached to an aromatic ring is 1. The fourth-order valence-corrected chi connectivity index (χ4v) is 2.96. The molecule has 0 aromatic heterocycles. The third-order valence-electron chi connectivity index (χ3n) is 3.36. The smallest absolute Gasteiger partial charge is 0.341 e. The second-order valence-corrected chi connectivity index (χ2v) is 6.53. The van der Waals surface area contributed by atoms with E-state index in [9.17, 15) is 19.2 Å². The highest BCUT2D eigenvalue weighted by Gasteiger charge is 2.29. The lowest BCUT2D eigenvalue weighted by Crippen LogP contribution is -2.41. The van der Waals surface area contributed by atoms with Crippen LogP contribution in [0.1, 0.15) is 17.3 Å². The zero-order chi connectivity index (χ0) is 18.6. The second-order valence-electron chi connectivity index (χ2n) is 5.17. The highest BCUT2D eigenvalue weighted by atomic mass is 35.5. The standard InChI is InChI=1S/C15H16ClN3O5S/c1-8(24-14(22)10-3-2-9(16)6-11(10)17)13(21)18-4-5-19-12(20)7-25-15(19)23/h2-3,6,8H,4-5,7,17H2,1H3,(H,18,21)/t8-/m0/s1. The van der Waals surface area contributed by atoms with E-state index in [-0.39, 0.29) is 41.2 Å². The largest absolute Gasteiger partial charge is 0.449 e. The summed E-state index contributed by atoms with van der Waals surface area (Å²) in [6.07, 6.45) is -1.07. The van der Waals surface area contributed by atoms with E-state index in [1.54, 1.807) is 0 Å². The number of benzene rings is 1. The van der Waals surface area contributed by atoms with Crippen LogP contribution in [0.5, 0.6) is 0 Å². The normalized spacial score (nSPS) is 15.2. The first-order valence-electron chi connectivity index (χ1n) is 7.30. The molecule has 1 aliphatic heterocycles. The van der Waals surface area contributed by atoms with Gasteiger partial charge in [0, 0.05) is 23.8 Å². The maximum Gasteiger partial charge on any atom is 0.341 e. The van der Waals surface area contributed by atoms with Crippen LogP contribution >= 0.6 is 23.4 Å². The van der Waals surface area contributed by atoms with Gasteiger partial charge in [-0.25, -0.2) is 4.79 Å². The summed E-state index contributed by atoms with van der Waals surface area (Å²) in [5, 5.41) is 2.55. The molecule has 0 unspecified atom stereocenters. The molecule has 0 spiro atoms. The molecule has 1 atom stereocenters. The van der Waals surface area contributed by atoms with Gasteiger partial charge in [0.15, 0.2) is 6.10 Å². The molecule has 0 saturated carbocycles. The number of thioether (sulfide) groups is 1. The van der Waals surface area contributed by atoms with Crippen molar-refractivity contribution in [2.75, 3.05) is 24.6 Å². The van der Waals surface area contributed by atoms with Crippen molar-refractivity contribution in [1.82, 2.24) is 10.2 Å². The van der Waals surface area contributed by atoms with Crippen molar-refractivity contribution in [2.45, 2.75) is 13.0 Å². The van der Waals surface area contributed by atoms with E-state index in [0.717, 1.165) is 16.7 Å². The summed E-state index contributed by atoms with van der Waals surface area (Å²) in [6, 6.07) is 4.30. The third kappa shape index (κ3) is 4.86. The minimum atomic E-state index is -1.07. The third-order valence-corrected chi connectivity index (χ3v) is 4.46. The van der Waals surface area contributed by atoms with Crippen molar-refractivity contribution in [2.24, 2.45) is 0 Å². The molecule has 3 N–H and O–H groups in total. The number of esters is 1. The number of nitrogens with two attached hydrogens (primary N) is 1. The molecular formula is C15H16ClN3O5S. The summed E-state index contributed by atoms with van der Waals surface area (Å²) in [7, 11) is 0. The fourth-order valence-electron chi connectivity index (χ4n) is 2.03. The number of nitrogens with one attached hydrogen (secondary N) is 1. The molecular weight excluding hydrogens is 370 g/mol. The molecule has 1 fully saturated rings. The quantitative estimate of drug-likeness (QED) is 0.559. The van der Waals surface area contributed by atoms with Crippen LogP contribution in [0.2, 0.25) is 5.02 Å². The van der Waals surface area contributed by atoms with E-state index in [4.69, 9.17) is 22.1 Å². The van der Waals surface area contributed by atoms with Crippen LogP contribution in [0.4, 0.5) is 10.5 Å². The van der Waals surface area contributed by atoms with E-state index < -0.39 is 18.0 Å². The molecule has 1 aromatic carbocycles. The molecule has 134 valence electrons. The van der Waals surface area contributed by atoms with Crippen LogP contribution in [0.3, 0.4) is 0 Å². The predicted molar refractivity (Wildman–Crippen MR) is 93.3 cm³/mol. The number of carbonyl (C=O) groups excluding carboxylic acids is 4. The molecule has 25 heavy (non-hydrogen) atoms. The van der Waals surface area contributed by atoms with Gasteiger partial charge in [0.1, 0.15) is 0 Å². The summed E-state index contributed by atoms with van der Waals surface area (Å²) >= 11 is 6.68. The molecule has 1 aromatic rings. The van der Waals surface area contributed by atoms with E-state index in [1.165, 1.54) is 25.1 Å². The first-order chi connectivity index (χ1) is 11.8. The number of carbonyl (C=O) groups is 4. The van der Waals surface area contributed by atoms with Gasteiger partial charge in [-0.2, -0.15) is 0 Å². The Morgan fingerprint density at radius 3 is 2.76 bits per heavy atom. The van der Waals surface area contributed by atoms with Crippen LogP contribution in [0, 0.1) is 0 Å². The number of anilines is 1. The van der Waals surface area contributed by atoms with Crippen LogP contribution in [-0.4, -0.2) is 52.9 Å². The maximum atomic E-state index is 12.0. The maximum absolute atomic E-state index is 12.0. The minimum absolute atomic E-state index is 0.0706. The van der Waals surface area contributed by atoms with Crippen molar-refractivity contribution in [1.29, 1.82) is 0 Å². The molecule has 8 nitrogen and oxygen atoms in total. The van der Waals surface area contributed by atoms with Gasteiger partial charge in [0.25, 0.3) is 11.1 Å². The SMILES string of the molecule is C[C@H](OC(=O)c1ccc(Cl)cc1N)C(=O)NCCN1C(=O)CSC1=O. The first kappa shape index (κ1) is 19.1. The average Bonchev–Trinajstić information content (AvgIpc) is 2.86. The summed E-state index contributed by atoms with van der Waals surface area (Å²) in [6.45, 7) is 1.55. The number of ether oxygens (including phenoxy) is 1. The van der Waals surface area contributed by atoms with E-state index in [1.807, 2.05) is 0 Å². The van der Waals surface area contributed by atoms with Gasteiger partial charge in [-0.15, -0.1) is 0 Å². The van der Waals surface area contributed by atoms with Gasteiger partial charge in [0.2, 0.25) is 5.91 Å². The lowest BCUT2D eigenvalue weighted by atomic mass is 10.2. The summed E-state index contributed by atoms with van der Waals surface area (Å²) in [5.41, 5.74) is 5.95. The Hall–Kier alpha value is -2.26. The van der Waals surface area contributed by atoms with Gasteiger partial charge in [-0.3, -0.25) is 19.3 Å². The van der Waals surface area contributed by atoms with Gasteiger partial charge in [-0.05, 0) is 25.1 Å². The van der Waals surface area contributed by atoms with Crippen molar-refractivity contribution in [3.63, 3.8) is 0 Å². The van der Waals surface area contributed by atoms with Crippen molar-refractivity contribution in [3.8, 4) is 0 Å². The predicted octanol–water partition coefficient (Wildman–Crippen LogP) is 1.28. The number of nitrogens with zero attached hydrogens (tertiary/aromatic N) is 1. The Morgan fingerprint density at radius 2 is 2.16 bits per heavy atom. The number of rotatable bonds is 6. The lowest BCUT2D eigenvalue weighted by Gasteiger charge is -2.16. The highest BCUT2D eigenvalue weighted by Crippen LogP contribution is 2.19. The van der Waals surface area contributed by atoms with E-state index >= 15 is 0 Å². The van der Waals surface area contributed by atoms with Gasteiger partial charge < -0.3 is 15.8 Å². The van der Waals surface area contributed by atoms with E-state index in [0.29, 0.717) is 5.02 Å². The minimum Gasteiger partial charge on any atom is -0.449 e. The number of hydrogen-bond acceptors (Lipinski definition) is 7. The Labute approximate surface area is 153 Å². The first-order valence-corrected chi connectivity index (χ1v) is 8.66. The Morgan fingerprint density at radius 1 is 1.44 bits per heavy atom. The second kappa shape index (κ2) is 8.21. The van der Waals surface area contributed by atoms with Crippen LogP contribution in [0.15, 0.2) is 18.2 Å². The Kier molecular flexibility index (Phi) is 6.27. The monoisotopic (exact) mass is 385 g/mol. The number of amides is 3. The van der Waals surface area contributed by atoms with Crippen molar-refractivity contribution < 1.29 is 23.9 Å². The van der Waals surface area contributed by atoms with Crippen LogP contribution < -0.4 is 11.1 Å². The van der Waals surface area contributed by atoms with Crippen molar-refractivity contribution in [3.05, 3.63) is 28.8 Å². The molecule has 0 aliphatic carbocycles. The van der Waals surface area contributed by atoms with Gasteiger partial charge >= 0.3 is 5.97 Å².